The quantitative estimate of drug-likeness (QED) is 0.733. The van der Waals surface area contributed by atoms with Gasteiger partial charge >= 0.3 is 0 Å². The van der Waals surface area contributed by atoms with E-state index in [0.29, 0.717) is 0 Å². The molecule has 0 spiro atoms. The summed E-state index contributed by atoms with van der Waals surface area (Å²) in [5.41, 5.74) is 7.10. The fourth-order valence-corrected chi connectivity index (χ4v) is 1.84. The average Bonchev–Trinajstić information content (AvgIpc) is 2.77. The van der Waals surface area contributed by atoms with Crippen LogP contribution in [-0.2, 0) is 4.79 Å². The van der Waals surface area contributed by atoms with Crippen molar-refractivity contribution >= 4 is 5.91 Å². The van der Waals surface area contributed by atoms with Crippen molar-refractivity contribution < 1.29 is 4.79 Å². The zero-order valence-electron chi connectivity index (χ0n) is 11.0. The lowest BCUT2D eigenvalue weighted by Crippen LogP contribution is -2.48. The summed E-state index contributed by atoms with van der Waals surface area (Å²) in [6.45, 7) is 5.72. The van der Waals surface area contributed by atoms with Crippen molar-refractivity contribution in [3.8, 4) is 0 Å². The van der Waals surface area contributed by atoms with Crippen molar-refractivity contribution in [1.82, 2.24) is 21.2 Å². The molecule has 1 amide bonds. The maximum absolute atomic E-state index is 11.9. The first-order chi connectivity index (χ1) is 8.47. The van der Waals surface area contributed by atoms with Gasteiger partial charge in [0, 0.05) is 30.3 Å². The lowest BCUT2D eigenvalue weighted by Gasteiger charge is -2.21. The SMILES string of the molecule is CC(C)(C)C(=O)NC1CC(c2ccncc2)NN1. The Balaban J connectivity index is 1.92. The van der Waals surface area contributed by atoms with Crippen LogP contribution in [-0.4, -0.2) is 17.1 Å². The van der Waals surface area contributed by atoms with E-state index in [1.54, 1.807) is 12.4 Å². The first-order valence-corrected chi connectivity index (χ1v) is 6.19. The Morgan fingerprint density at radius 1 is 1.33 bits per heavy atom. The van der Waals surface area contributed by atoms with E-state index in [0.717, 1.165) is 6.42 Å². The molecule has 0 aliphatic carbocycles. The Morgan fingerprint density at radius 2 is 2.00 bits per heavy atom. The van der Waals surface area contributed by atoms with Crippen LogP contribution in [0.3, 0.4) is 0 Å². The van der Waals surface area contributed by atoms with Crippen LogP contribution in [0.1, 0.15) is 38.8 Å². The zero-order valence-corrected chi connectivity index (χ0v) is 11.0. The number of nitrogens with one attached hydrogen (secondary N) is 3. The number of hydrogen-bond donors (Lipinski definition) is 3. The molecule has 2 atom stereocenters. The van der Waals surface area contributed by atoms with E-state index in [9.17, 15) is 4.79 Å². The first-order valence-electron chi connectivity index (χ1n) is 6.19. The molecular weight excluding hydrogens is 228 g/mol. The third-order valence-electron chi connectivity index (χ3n) is 3.00. The molecule has 1 aromatic rings. The minimum absolute atomic E-state index is 0.0325. The largest absolute Gasteiger partial charge is 0.339 e. The second kappa shape index (κ2) is 5.04. The monoisotopic (exact) mass is 248 g/mol. The van der Waals surface area contributed by atoms with Gasteiger partial charge in [-0.15, -0.1) is 0 Å². The molecule has 18 heavy (non-hydrogen) atoms. The second-order valence-electron chi connectivity index (χ2n) is 5.63. The summed E-state index contributed by atoms with van der Waals surface area (Å²) in [7, 11) is 0. The highest BCUT2D eigenvalue weighted by Gasteiger charge is 2.29. The molecule has 1 fully saturated rings. The predicted octanol–water partition coefficient (Wildman–Crippen LogP) is 1.11. The summed E-state index contributed by atoms with van der Waals surface area (Å²) in [6, 6.07) is 4.17. The van der Waals surface area contributed by atoms with E-state index in [-0.39, 0.29) is 23.5 Å². The number of hydrogen-bond acceptors (Lipinski definition) is 4. The number of amides is 1. The van der Waals surface area contributed by atoms with Gasteiger partial charge in [0.15, 0.2) is 0 Å². The molecule has 1 aliphatic rings. The van der Waals surface area contributed by atoms with Crippen molar-refractivity contribution in [3.05, 3.63) is 30.1 Å². The summed E-state index contributed by atoms with van der Waals surface area (Å²) >= 11 is 0. The van der Waals surface area contributed by atoms with Gasteiger partial charge in [-0.25, -0.2) is 10.9 Å². The lowest BCUT2D eigenvalue weighted by atomic mass is 9.95. The molecule has 0 bridgehead atoms. The Kier molecular flexibility index (Phi) is 3.63. The van der Waals surface area contributed by atoms with Gasteiger partial charge in [-0.1, -0.05) is 20.8 Å². The van der Waals surface area contributed by atoms with Gasteiger partial charge in [-0.05, 0) is 17.7 Å². The molecule has 98 valence electrons. The second-order valence-corrected chi connectivity index (χ2v) is 5.63. The molecule has 1 aromatic heterocycles. The maximum atomic E-state index is 11.9. The van der Waals surface area contributed by atoms with E-state index in [1.165, 1.54) is 5.56 Å². The zero-order chi connectivity index (χ0) is 13.2. The number of pyridine rings is 1. The summed E-state index contributed by atoms with van der Waals surface area (Å²) < 4.78 is 0. The van der Waals surface area contributed by atoms with Gasteiger partial charge in [0.2, 0.25) is 5.91 Å². The van der Waals surface area contributed by atoms with Crippen molar-refractivity contribution in [1.29, 1.82) is 0 Å². The molecule has 1 saturated heterocycles. The highest BCUT2D eigenvalue weighted by molar-refractivity contribution is 5.81. The lowest BCUT2D eigenvalue weighted by molar-refractivity contribution is -0.129. The Labute approximate surface area is 107 Å². The van der Waals surface area contributed by atoms with Gasteiger partial charge < -0.3 is 5.32 Å². The van der Waals surface area contributed by atoms with Gasteiger partial charge in [-0.2, -0.15) is 0 Å². The standard InChI is InChI=1S/C13H20N4O/c1-13(2,3)12(18)15-11-8-10(16-17-11)9-4-6-14-7-5-9/h4-7,10-11,16-17H,8H2,1-3H3,(H,15,18). The molecule has 0 saturated carbocycles. The van der Waals surface area contributed by atoms with Crippen molar-refractivity contribution in [2.75, 3.05) is 0 Å². The topological polar surface area (TPSA) is 66.0 Å². The van der Waals surface area contributed by atoms with Crippen LogP contribution in [0.2, 0.25) is 0 Å². The number of aromatic nitrogens is 1. The number of rotatable bonds is 2. The normalized spacial score (nSPS) is 23.9. The summed E-state index contributed by atoms with van der Waals surface area (Å²) in [4.78, 5) is 15.9. The van der Waals surface area contributed by atoms with Crippen LogP contribution in [0.15, 0.2) is 24.5 Å². The highest BCUT2D eigenvalue weighted by Crippen LogP contribution is 2.21. The fraction of sp³-hybridized carbons (Fsp3) is 0.538. The average molecular weight is 248 g/mol. The van der Waals surface area contributed by atoms with E-state index >= 15 is 0 Å². The molecule has 2 rings (SSSR count). The predicted molar refractivity (Wildman–Crippen MR) is 69.3 cm³/mol. The van der Waals surface area contributed by atoms with E-state index in [2.05, 4.69) is 21.2 Å². The third-order valence-corrected chi connectivity index (χ3v) is 3.00. The van der Waals surface area contributed by atoms with Gasteiger partial charge in [-0.3, -0.25) is 9.78 Å². The fourth-order valence-electron chi connectivity index (χ4n) is 1.84. The van der Waals surface area contributed by atoms with Crippen molar-refractivity contribution in [3.63, 3.8) is 0 Å². The molecular formula is C13H20N4O. The van der Waals surface area contributed by atoms with E-state index < -0.39 is 0 Å². The molecule has 2 heterocycles. The minimum atomic E-state index is -0.365. The Hall–Kier alpha value is -1.46. The Bertz CT molecular complexity index is 413. The Morgan fingerprint density at radius 3 is 2.61 bits per heavy atom. The molecule has 0 radical (unpaired) electrons. The molecule has 0 aromatic carbocycles. The number of hydrazine groups is 1. The van der Waals surface area contributed by atoms with Crippen LogP contribution in [0.25, 0.3) is 0 Å². The molecule has 3 N–H and O–H groups in total. The van der Waals surface area contributed by atoms with Crippen LogP contribution in [0.4, 0.5) is 0 Å². The van der Waals surface area contributed by atoms with Gasteiger partial charge in [0.05, 0.1) is 6.17 Å². The maximum Gasteiger partial charge on any atom is 0.226 e. The van der Waals surface area contributed by atoms with Crippen LogP contribution in [0, 0.1) is 5.41 Å². The third kappa shape index (κ3) is 3.05. The van der Waals surface area contributed by atoms with Crippen molar-refractivity contribution in [2.24, 2.45) is 5.41 Å². The number of carbonyl (C=O) groups excluding carboxylic acids is 1. The highest BCUT2D eigenvalue weighted by atomic mass is 16.2. The molecule has 1 aliphatic heterocycles. The van der Waals surface area contributed by atoms with Gasteiger partial charge in [0.25, 0.3) is 0 Å². The molecule has 2 unspecified atom stereocenters. The van der Waals surface area contributed by atoms with E-state index in [1.807, 2.05) is 32.9 Å². The number of nitrogens with zero attached hydrogens (tertiary/aromatic N) is 1. The van der Waals surface area contributed by atoms with E-state index in [4.69, 9.17) is 0 Å². The van der Waals surface area contributed by atoms with Crippen molar-refractivity contribution in [2.45, 2.75) is 39.4 Å². The number of carbonyl (C=O) groups is 1. The molecule has 5 heteroatoms. The first kappa shape index (κ1) is 13.0. The molecule has 5 nitrogen and oxygen atoms in total. The smallest absolute Gasteiger partial charge is 0.226 e. The van der Waals surface area contributed by atoms with Crippen LogP contribution < -0.4 is 16.2 Å². The van der Waals surface area contributed by atoms with Gasteiger partial charge in [0.1, 0.15) is 0 Å². The summed E-state index contributed by atoms with van der Waals surface area (Å²) in [5, 5.41) is 2.99. The van der Waals surface area contributed by atoms with Crippen LogP contribution in [0.5, 0.6) is 0 Å². The summed E-state index contributed by atoms with van der Waals surface area (Å²) in [6.07, 6.45) is 4.34. The van der Waals surface area contributed by atoms with Crippen LogP contribution >= 0.6 is 0 Å². The summed E-state index contributed by atoms with van der Waals surface area (Å²) in [5.74, 6) is 0.0529. The minimum Gasteiger partial charge on any atom is -0.339 e.